The zero-order valence-corrected chi connectivity index (χ0v) is 20.8. The molecule has 0 atom stereocenters. The Morgan fingerprint density at radius 2 is 1.76 bits per heavy atom. The van der Waals surface area contributed by atoms with E-state index in [1.54, 1.807) is 0 Å². The number of nitrogens with zero attached hydrogens (tertiary/aromatic N) is 5. The lowest BCUT2D eigenvalue weighted by atomic mass is 9.69. The molecule has 3 aliphatic rings. The van der Waals surface area contributed by atoms with E-state index >= 15 is 0 Å². The standard InChI is InChI=1S/C25H30F3N7O2/c1-33(2)24(17-6-4-3-5-7-17)10-8-23(9-11-24)16-35(22(37)32-23)18-14-30-21(31-20(18)25(26,27)28)34-13-12-29-19(36)15-34/h3-7,14H,8-13,15-16H2,1-2H3,(H,29,36)(H,32,37). The van der Waals surface area contributed by atoms with Gasteiger partial charge in [0.1, 0.15) is 0 Å². The number of nitrogens with one attached hydrogen (secondary N) is 2. The van der Waals surface area contributed by atoms with E-state index in [0.717, 1.165) is 23.9 Å². The van der Waals surface area contributed by atoms with Crippen molar-refractivity contribution in [1.82, 2.24) is 25.5 Å². The maximum Gasteiger partial charge on any atom is 0.435 e. The number of anilines is 2. The van der Waals surface area contributed by atoms with E-state index < -0.39 is 23.4 Å². The van der Waals surface area contributed by atoms with Crippen molar-refractivity contribution in [1.29, 1.82) is 0 Å². The van der Waals surface area contributed by atoms with Crippen LogP contribution in [0.25, 0.3) is 0 Å². The Kier molecular flexibility index (Phi) is 6.25. The normalized spacial score (nSPS) is 26.5. The maximum atomic E-state index is 14.1. The Bertz CT molecular complexity index is 1180. The number of rotatable bonds is 4. The van der Waals surface area contributed by atoms with Gasteiger partial charge in [-0.25, -0.2) is 14.8 Å². The number of benzene rings is 1. The minimum atomic E-state index is -4.80. The number of halogens is 3. The van der Waals surface area contributed by atoms with Crippen molar-refractivity contribution in [3.63, 3.8) is 0 Å². The number of hydrogen-bond donors (Lipinski definition) is 2. The lowest BCUT2D eigenvalue weighted by molar-refractivity contribution is -0.140. The molecule has 9 nitrogen and oxygen atoms in total. The second kappa shape index (κ2) is 9.16. The first kappa shape index (κ1) is 25.2. The van der Waals surface area contributed by atoms with E-state index in [1.165, 1.54) is 10.5 Å². The summed E-state index contributed by atoms with van der Waals surface area (Å²) in [5.41, 5.74) is -1.23. The number of carbonyl (C=O) groups is 2. The van der Waals surface area contributed by atoms with Gasteiger partial charge in [-0.1, -0.05) is 30.3 Å². The second-order valence-electron chi connectivity index (χ2n) is 10.3. The molecule has 2 saturated heterocycles. The third-order valence-corrected chi connectivity index (χ3v) is 7.92. The van der Waals surface area contributed by atoms with E-state index in [2.05, 4.69) is 37.6 Å². The number of hydrogen-bond acceptors (Lipinski definition) is 6. The van der Waals surface area contributed by atoms with Crippen LogP contribution < -0.4 is 20.4 Å². The summed E-state index contributed by atoms with van der Waals surface area (Å²) >= 11 is 0. The van der Waals surface area contributed by atoms with Gasteiger partial charge in [0, 0.05) is 18.6 Å². The quantitative estimate of drug-likeness (QED) is 0.648. The van der Waals surface area contributed by atoms with Crippen LogP contribution in [0.3, 0.4) is 0 Å². The third-order valence-electron chi connectivity index (χ3n) is 7.92. The molecule has 1 aromatic heterocycles. The van der Waals surface area contributed by atoms with E-state index in [1.807, 2.05) is 32.3 Å². The van der Waals surface area contributed by atoms with Crippen molar-refractivity contribution in [2.24, 2.45) is 0 Å². The zero-order chi connectivity index (χ0) is 26.4. The molecule has 37 heavy (non-hydrogen) atoms. The summed E-state index contributed by atoms with van der Waals surface area (Å²) in [6, 6.07) is 9.58. The van der Waals surface area contributed by atoms with Gasteiger partial charge in [-0.15, -0.1) is 0 Å². The van der Waals surface area contributed by atoms with Crippen LogP contribution in [0.5, 0.6) is 0 Å². The lowest BCUT2D eigenvalue weighted by Crippen LogP contribution is -2.54. The fourth-order valence-corrected chi connectivity index (χ4v) is 5.80. The molecule has 0 bridgehead atoms. The van der Waals surface area contributed by atoms with Gasteiger partial charge in [0.2, 0.25) is 11.9 Å². The highest BCUT2D eigenvalue weighted by Gasteiger charge is 2.52. The first-order chi connectivity index (χ1) is 17.5. The van der Waals surface area contributed by atoms with Gasteiger partial charge < -0.3 is 15.5 Å². The number of amides is 3. The first-order valence-corrected chi connectivity index (χ1v) is 12.3. The highest BCUT2D eigenvalue weighted by molar-refractivity contribution is 5.96. The van der Waals surface area contributed by atoms with Gasteiger partial charge in [0.25, 0.3) is 0 Å². The molecule has 5 rings (SSSR count). The molecule has 1 saturated carbocycles. The highest BCUT2D eigenvalue weighted by Crippen LogP contribution is 2.47. The van der Waals surface area contributed by atoms with E-state index in [0.29, 0.717) is 25.9 Å². The minimum Gasteiger partial charge on any atom is -0.353 e. The minimum absolute atomic E-state index is 0.0992. The van der Waals surface area contributed by atoms with Crippen molar-refractivity contribution in [3.05, 3.63) is 47.8 Å². The van der Waals surface area contributed by atoms with E-state index in [-0.39, 0.29) is 36.2 Å². The summed E-state index contributed by atoms with van der Waals surface area (Å²) in [5.74, 6) is -0.494. The average molecular weight is 518 g/mol. The van der Waals surface area contributed by atoms with Crippen molar-refractivity contribution < 1.29 is 22.8 Å². The van der Waals surface area contributed by atoms with Crippen LogP contribution in [0, 0.1) is 0 Å². The number of carbonyl (C=O) groups excluding carboxylic acids is 2. The van der Waals surface area contributed by atoms with Crippen LogP contribution in [-0.4, -0.2) is 72.6 Å². The van der Waals surface area contributed by atoms with Crippen molar-refractivity contribution in [3.8, 4) is 0 Å². The zero-order valence-electron chi connectivity index (χ0n) is 20.8. The summed E-state index contributed by atoms with van der Waals surface area (Å²) in [4.78, 5) is 37.3. The third kappa shape index (κ3) is 4.58. The summed E-state index contributed by atoms with van der Waals surface area (Å²) < 4.78 is 42.3. The van der Waals surface area contributed by atoms with Crippen LogP contribution in [0.2, 0.25) is 0 Å². The fraction of sp³-hybridized carbons (Fsp3) is 0.520. The molecule has 1 spiro atoms. The Morgan fingerprint density at radius 1 is 1.05 bits per heavy atom. The monoisotopic (exact) mass is 517 g/mol. The Labute approximate surface area is 213 Å². The van der Waals surface area contributed by atoms with Crippen LogP contribution in [0.4, 0.5) is 29.6 Å². The van der Waals surface area contributed by atoms with E-state index in [4.69, 9.17) is 0 Å². The van der Waals surface area contributed by atoms with Crippen LogP contribution in [-0.2, 0) is 16.5 Å². The fourth-order valence-electron chi connectivity index (χ4n) is 5.80. The lowest BCUT2D eigenvalue weighted by Gasteiger charge is -2.48. The maximum absolute atomic E-state index is 14.1. The Hall–Kier alpha value is -3.41. The van der Waals surface area contributed by atoms with Crippen molar-refractivity contribution in [2.45, 2.75) is 42.9 Å². The Balaban J connectivity index is 1.40. The average Bonchev–Trinajstić information content (AvgIpc) is 3.19. The smallest absolute Gasteiger partial charge is 0.353 e. The summed E-state index contributed by atoms with van der Waals surface area (Å²) in [6.45, 7) is 0.561. The van der Waals surface area contributed by atoms with Crippen molar-refractivity contribution in [2.75, 3.05) is 50.1 Å². The van der Waals surface area contributed by atoms with Gasteiger partial charge in [-0.2, -0.15) is 13.2 Å². The SMILES string of the molecule is CN(C)C1(c2ccccc2)CCC2(CC1)CN(c1cnc(N3CCNC(=O)C3)nc1C(F)(F)F)C(=O)N2. The van der Waals surface area contributed by atoms with Crippen LogP contribution in [0.1, 0.15) is 36.9 Å². The molecule has 3 amide bonds. The van der Waals surface area contributed by atoms with Gasteiger partial charge in [0.15, 0.2) is 5.69 Å². The largest absolute Gasteiger partial charge is 0.435 e. The van der Waals surface area contributed by atoms with Crippen LogP contribution >= 0.6 is 0 Å². The van der Waals surface area contributed by atoms with Gasteiger partial charge >= 0.3 is 12.2 Å². The van der Waals surface area contributed by atoms with Gasteiger partial charge in [-0.3, -0.25) is 14.6 Å². The highest BCUT2D eigenvalue weighted by atomic mass is 19.4. The number of piperazine rings is 1. The molecule has 12 heteroatoms. The topological polar surface area (TPSA) is 93.7 Å². The molecule has 0 radical (unpaired) electrons. The molecule has 2 aliphatic heterocycles. The number of urea groups is 1. The second-order valence-corrected chi connectivity index (χ2v) is 10.3. The van der Waals surface area contributed by atoms with Gasteiger partial charge in [-0.05, 0) is 45.3 Å². The van der Waals surface area contributed by atoms with E-state index in [9.17, 15) is 22.8 Å². The summed E-state index contributed by atoms with van der Waals surface area (Å²) in [5, 5.41) is 5.61. The predicted octanol–water partition coefficient (Wildman–Crippen LogP) is 2.73. The molecule has 1 aromatic carbocycles. The molecular weight excluding hydrogens is 487 g/mol. The first-order valence-electron chi connectivity index (χ1n) is 12.3. The predicted molar refractivity (Wildman–Crippen MR) is 131 cm³/mol. The number of alkyl halides is 3. The molecule has 198 valence electrons. The summed E-state index contributed by atoms with van der Waals surface area (Å²) in [6.07, 6.45) is -1.03. The molecule has 3 fully saturated rings. The Morgan fingerprint density at radius 3 is 2.38 bits per heavy atom. The van der Waals surface area contributed by atoms with Gasteiger partial charge in [0.05, 0.1) is 30.5 Å². The summed E-state index contributed by atoms with van der Waals surface area (Å²) in [7, 11) is 4.07. The number of aromatic nitrogens is 2. The van der Waals surface area contributed by atoms with Crippen LogP contribution in [0.15, 0.2) is 36.5 Å². The molecule has 2 aromatic rings. The molecule has 1 aliphatic carbocycles. The molecule has 3 heterocycles. The molecule has 2 N–H and O–H groups in total. The molecular formula is C25H30F3N7O2. The van der Waals surface area contributed by atoms with Crippen molar-refractivity contribution >= 4 is 23.6 Å². The molecule has 0 unspecified atom stereocenters.